The van der Waals surface area contributed by atoms with E-state index in [9.17, 15) is 14.4 Å². The van der Waals surface area contributed by atoms with Gasteiger partial charge in [0.25, 0.3) is 5.91 Å². The Hall–Kier alpha value is -2.61. The zero-order valence-electron chi connectivity index (χ0n) is 20.8. The van der Waals surface area contributed by atoms with Crippen molar-refractivity contribution in [3.63, 3.8) is 0 Å². The maximum Gasteiger partial charge on any atom is 0.257 e. The van der Waals surface area contributed by atoms with Gasteiger partial charge >= 0.3 is 0 Å². The van der Waals surface area contributed by atoms with E-state index in [-0.39, 0.29) is 29.7 Å². The number of benzene rings is 1. The highest BCUT2D eigenvalue weighted by atomic mass is 16.5. The number of hydrogen-bond donors (Lipinski definition) is 0. The molecule has 1 aromatic rings. The van der Waals surface area contributed by atoms with Crippen molar-refractivity contribution in [3.05, 3.63) is 29.8 Å². The van der Waals surface area contributed by atoms with Crippen molar-refractivity contribution in [2.75, 3.05) is 39.9 Å². The van der Waals surface area contributed by atoms with Crippen LogP contribution in [0, 0.1) is 5.41 Å². The van der Waals surface area contributed by atoms with E-state index in [0.717, 1.165) is 25.9 Å². The predicted molar refractivity (Wildman–Crippen MR) is 127 cm³/mol. The lowest BCUT2D eigenvalue weighted by Crippen LogP contribution is -2.60. The first-order valence-corrected chi connectivity index (χ1v) is 12.3. The molecule has 3 aliphatic heterocycles. The molecule has 0 aliphatic carbocycles. The highest BCUT2D eigenvalue weighted by Gasteiger charge is 2.55. The van der Waals surface area contributed by atoms with Crippen molar-refractivity contribution in [2.45, 2.75) is 64.6 Å². The fraction of sp³-hybridized carbons (Fsp3) is 0.654. The Balaban J connectivity index is 1.59. The van der Waals surface area contributed by atoms with E-state index in [1.54, 1.807) is 36.3 Å². The highest BCUT2D eigenvalue weighted by Crippen LogP contribution is 2.40. The summed E-state index contributed by atoms with van der Waals surface area (Å²) in [5, 5.41) is 0. The summed E-state index contributed by atoms with van der Waals surface area (Å²) in [6.07, 6.45) is 3.42. The molecule has 0 saturated carbocycles. The minimum absolute atomic E-state index is 0.0446. The molecule has 3 saturated heterocycles. The molecule has 3 fully saturated rings. The van der Waals surface area contributed by atoms with Crippen molar-refractivity contribution >= 4 is 17.7 Å². The number of likely N-dealkylation sites (tertiary alicyclic amines) is 2. The molecule has 186 valence electrons. The van der Waals surface area contributed by atoms with Gasteiger partial charge in [0.2, 0.25) is 11.8 Å². The summed E-state index contributed by atoms with van der Waals surface area (Å²) < 4.78 is 11.6. The van der Waals surface area contributed by atoms with Gasteiger partial charge in [0.15, 0.2) is 0 Å². The molecule has 34 heavy (non-hydrogen) atoms. The van der Waals surface area contributed by atoms with Gasteiger partial charge in [-0.1, -0.05) is 26.8 Å². The molecule has 3 amide bonds. The summed E-state index contributed by atoms with van der Waals surface area (Å²) in [5.74, 6) is 0.431. The lowest BCUT2D eigenvalue weighted by Gasteiger charge is -2.45. The van der Waals surface area contributed by atoms with Gasteiger partial charge in [0, 0.05) is 51.0 Å². The Labute approximate surface area is 202 Å². The lowest BCUT2D eigenvalue weighted by molar-refractivity contribution is -0.146. The average Bonchev–Trinajstić information content (AvgIpc) is 3.46. The Morgan fingerprint density at radius 2 is 1.74 bits per heavy atom. The van der Waals surface area contributed by atoms with E-state index in [1.807, 2.05) is 9.80 Å². The number of carbonyl (C=O) groups is 3. The van der Waals surface area contributed by atoms with Crippen LogP contribution in [0.1, 0.15) is 63.2 Å². The molecule has 4 rings (SSSR count). The number of ether oxygens (including phenoxy) is 2. The SMILES string of the molecule is COc1cccc(C(=O)N2C(C(=O)N3CCCC3)COC23CCN(C(=O)CC(C)(C)C)CC3)c1. The van der Waals surface area contributed by atoms with Crippen molar-refractivity contribution < 1.29 is 23.9 Å². The second-order valence-corrected chi connectivity index (χ2v) is 10.8. The van der Waals surface area contributed by atoms with E-state index >= 15 is 0 Å². The van der Waals surface area contributed by atoms with Crippen LogP contribution in [-0.2, 0) is 14.3 Å². The first-order valence-electron chi connectivity index (χ1n) is 12.3. The van der Waals surface area contributed by atoms with Crippen molar-refractivity contribution in [3.8, 4) is 5.75 Å². The summed E-state index contributed by atoms with van der Waals surface area (Å²) in [6, 6.07) is 6.36. The summed E-state index contributed by atoms with van der Waals surface area (Å²) in [4.78, 5) is 45.5. The third-order valence-corrected chi connectivity index (χ3v) is 7.08. The highest BCUT2D eigenvalue weighted by molar-refractivity contribution is 5.98. The molecular weight excluding hydrogens is 434 g/mol. The molecule has 0 N–H and O–H groups in total. The van der Waals surface area contributed by atoms with Gasteiger partial charge in [-0.3, -0.25) is 19.3 Å². The van der Waals surface area contributed by atoms with Crippen LogP contribution in [0.2, 0.25) is 0 Å². The Morgan fingerprint density at radius 1 is 1.06 bits per heavy atom. The van der Waals surface area contributed by atoms with E-state index < -0.39 is 11.8 Å². The zero-order valence-corrected chi connectivity index (χ0v) is 20.8. The fourth-order valence-electron chi connectivity index (χ4n) is 5.27. The maximum atomic E-state index is 13.9. The summed E-state index contributed by atoms with van der Waals surface area (Å²) in [5.41, 5.74) is -0.508. The minimum Gasteiger partial charge on any atom is -0.497 e. The van der Waals surface area contributed by atoms with Crippen LogP contribution in [0.15, 0.2) is 24.3 Å². The Morgan fingerprint density at radius 3 is 2.35 bits per heavy atom. The second kappa shape index (κ2) is 9.56. The number of piperidine rings is 1. The van der Waals surface area contributed by atoms with Gasteiger partial charge in [0.05, 0.1) is 13.7 Å². The first kappa shape index (κ1) is 24.5. The van der Waals surface area contributed by atoms with Crippen LogP contribution < -0.4 is 4.74 Å². The van der Waals surface area contributed by atoms with Crippen LogP contribution in [-0.4, -0.2) is 84.1 Å². The number of rotatable bonds is 4. The van der Waals surface area contributed by atoms with Crippen molar-refractivity contribution in [2.24, 2.45) is 5.41 Å². The number of nitrogens with zero attached hydrogens (tertiary/aromatic N) is 3. The summed E-state index contributed by atoms with van der Waals surface area (Å²) >= 11 is 0. The van der Waals surface area contributed by atoms with Gasteiger partial charge in [-0.2, -0.15) is 0 Å². The molecule has 1 atom stereocenters. The van der Waals surface area contributed by atoms with E-state index in [1.165, 1.54) is 0 Å². The van der Waals surface area contributed by atoms with Crippen LogP contribution >= 0.6 is 0 Å². The molecule has 3 aliphatic rings. The van der Waals surface area contributed by atoms with E-state index in [4.69, 9.17) is 9.47 Å². The minimum atomic E-state index is -0.890. The van der Waals surface area contributed by atoms with Gasteiger partial charge in [-0.05, 0) is 36.5 Å². The molecule has 1 unspecified atom stereocenters. The zero-order chi connectivity index (χ0) is 24.5. The Kier molecular flexibility index (Phi) is 6.90. The molecule has 1 aromatic carbocycles. The Bertz CT molecular complexity index is 927. The molecule has 0 bridgehead atoms. The van der Waals surface area contributed by atoms with E-state index in [0.29, 0.717) is 43.7 Å². The molecule has 0 radical (unpaired) electrons. The van der Waals surface area contributed by atoms with E-state index in [2.05, 4.69) is 20.8 Å². The van der Waals surface area contributed by atoms with Gasteiger partial charge in [-0.15, -0.1) is 0 Å². The number of amides is 3. The molecule has 8 heteroatoms. The van der Waals surface area contributed by atoms with Crippen molar-refractivity contribution in [1.82, 2.24) is 14.7 Å². The number of carbonyl (C=O) groups excluding carboxylic acids is 3. The van der Waals surface area contributed by atoms with Crippen LogP contribution in [0.5, 0.6) is 5.75 Å². The standard InChI is InChI=1S/C26H37N3O5/c1-25(2,3)17-22(30)27-14-10-26(11-15-27)29(23(31)19-8-7-9-20(16-19)33-4)21(18-34-26)24(32)28-12-5-6-13-28/h7-9,16,21H,5-6,10-15,17-18H2,1-4H3. The first-order chi connectivity index (χ1) is 16.1. The fourth-order valence-corrected chi connectivity index (χ4v) is 5.27. The molecule has 1 spiro atoms. The normalized spacial score (nSPS) is 22.4. The van der Waals surface area contributed by atoms with Gasteiger partial charge in [-0.25, -0.2) is 0 Å². The second-order valence-electron chi connectivity index (χ2n) is 10.8. The lowest BCUT2D eigenvalue weighted by atomic mass is 9.90. The largest absolute Gasteiger partial charge is 0.497 e. The summed E-state index contributed by atoms with van der Waals surface area (Å²) in [6.45, 7) is 8.79. The quantitative estimate of drug-likeness (QED) is 0.675. The monoisotopic (exact) mass is 471 g/mol. The number of methoxy groups -OCH3 is 1. The van der Waals surface area contributed by atoms with Crippen molar-refractivity contribution in [1.29, 1.82) is 0 Å². The smallest absolute Gasteiger partial charge is 0.257 e. The third kappa shape index (κ3) is 4.92. The topological polar surface area (TPSA) is 79.4 Å². The maximum absolute atomic E-state index is 13.9. The average molecular weight is 472 g/mol. The third-order valence-electron chi connectivity index (χ3n) is 7.08. The van der Waals surface area contributed by atoms with Crippen LogP contribution in [0.3, 0.4) is 0 Å². The van der Waals surface area contributed by atoms with Crippen LogP contribution in [0.25, 0.3) is 0 Å². The molecule has 8 nitrogen and oxygen atoms in total. The van der Waals surface area contributed by atoms with Gasteiger partial charge < -0.3 is 19.3 Å². The predicted octanol–water partition coefficient (Wildman–Crippen LogP) is 2.91. The molecule has 0 aromatic heterocycles. The number of hydrogen-bond acceptors (Lipinski definition) is 5. The van der Waals surface area contributed by atoms with Gasteiger partial charge in [0.1, 0.15) is 17.5 Å². The molecule has 3 heterocycles. The summed E-state index contributed by atoms with van der Waals surface area (Å²) in [7, 11) is 1.56. The molecular formula is C26H37N3O5. The van der Waals surface area contributed by atoms with Crippen LogP contribution in [0.4, 0.5) is 0 Å².